The minimum atomic E-state index is -1.26. The average molecular weight is 597 g/mol. The molecule has 1 fully saturated rings. The van der Waals surface area contributed by atoms with Gasteiger partial charge in [0.15, 0.2) is 6.10 Å². The van der Waals surface area contributed by atoms with Crippen LogP contribution in [0.3, 0.4) is 0 Å². The summed E-state index contributed by atoms with van der Waals surface area (Å²) in [7, 11) is 0. The highest BCUT2D eigenvalue weighted by Crippen LogP contribution is 2.31. The molecule has 0 bridgehead atoms. The number of ether oxygens (including phenoxy) is 6. The van der Waals surface area contributed by atoms with Gasteiger partial charge in [-0.15, -0.1) is 0 Å². The van der Waals surface area contributed by atoms with Crippen LogP contribution in [0.15, 0.2) is 121 Å². The monoisotopic (exact) mass is 596 g/mol. The first-order chi connectivity index (χ1) is 21.6. The fraction of sp³-hybridized carbons (Fsp3) is 0.278. The molecular weight excluding hydrogens is 560 g/mol. The summed E-state index contributed by atoms with van der Waals surface area (Å²) in [6, 6.07) is 37.7. The largest absolute Gasteiger partial charge is 0.449 e. The van der Waals surface area contributed by atoms with Gasteiger partial charge in [0.2, 0.25) is 6.29 Å². The first-order valence-electron chi connectivity index (χ1n) is 14.6. The molecule has 0 aromatic heterocycles. The maximum atomic E-state index is 13.3. The quantitative estimate of drug-likeness (QED) is 0.177. The van der Waals surface area contributed by atoms with Crippen LogP contribution in [0.2, 0.25) is 0 Å². The van der Waals surface area contributed by atoms with Crippen molar-refractivity contribution in [2.24, 2.45) is 0 Å². The van der Waals surface area contributed by atoms with Gasteiger partial charge in [0.25, 0.3) is 0 Å². The molecule has 1 aliphatic rings. The van der Waals surface area contributed by atoms with Crippen molar-refractivity contribution in [2.45, 2.75) is 57.5 Å². The molecule has 8 nitrogen and oxygen atoms in total. The van der Waals surface area contributed by atoms with Crippen molar-refractivity contribution in [3.63, 3.8) is 0 Å². The van der Waals surface area contributed by atoms with Crippen LogP contribution in [0.5, 0.6) is 0 Å². The van der Waals surface area contributed by atoms with Crippen molar-refractivity contribution in [3.05, 3.63) is 144 Å². The molecule has 0 spiro atoms. The van der Waals surface area contributed by atoms with Gasteiger partial charge in [-0.2, -0.15) is 0 Å². The number of hydrogen-bond acceptors (Lipinski definition) is 8. The van der Waals surface area contributed by atoms with Gasteiger partial charge in [-0.25, -0.2) is 4.79 Å². The van der Waals surface area contributed by atoms with Crippen LogP contribution in [-0.4, -0.2) is 49.3 Å². The molecule has 5 atom stereocenters. The SMILES string of the molecule is CC(=O)O[C@@H]1O[C@H](COCc2ccccc2)[C@H](OCc2ccccc2)[C@H](OCc2ccccc2)[C@H]1OC(=O)c1ccccc1. The summed E-state index contributed by atoms with van der Waals surface area (Å²) in [5.74, 6) is -1.20. The maximum Gasteiger partial charge on any atom is 0.338 e. The van der Waals surface area contributed by atoms with Gasteiger partial charge in [0.1, 0.15) is 18.3 Å². The third kappa shape index (κ3) is 8.84. The van der Waals surface area contributed by atoms with E-state index in [0.29, 0.717) is 12.2 Å². The summed E-state index contributed by atoms with van der Waals surface area (Å²) in [5, 5.41) is 0. The normalized spacial score (nSPS) is 21.3. The van der Waals surface area contributed by atoms with E-state index in [1.165, 1.54) is 6.92 Å². The number of carbonyl (C=O) groups excluding carboxylic acids is 2. The van der Waals surface area contributed by atoms with E-state index in [2.05, 4.69) is 0 Å². The van der Waals surface area contributed by atoms with Crippen molar-refractivity contribution in [3.8, 4) is 0 Å². The van der Waals surface area contributed by atoms with Gasteiger partial charge in [0.05, 0.1) is 32.0 Å². The zero-order valence-corrected chi connectivity index (χ0v) is 24.5. The first-order valence-corrected chi connectivity index (χ1v) is 14.6. The Bertz CT molecular complexity index is 1430. The van der Waals surface area contributed by atoms with Gasteiger partial charge in [-0.1, -0.05) is 109 Å². The van der Waals surface area contributed by atoms with Gasteiger partial charge in [-0.3, -0.25) is 4.79 Å². The second-order valence-corrected chi connectivity index (χ2v) is 10.4. The topological polar surface area (TPSA) is 89.5 Å². The lowest BCUT2D eigenvalue weighted by molar-refractivity contribution is -0.309. The van der Waals surface area contributed by atoms with Crippen LogP contribution < -0.4 is 0 Å². The molecule has 1 heterocycles. The summed E-state index contributed by atoms with van der Waals surface area (Å²) in [5.41, 5.74) is 3.19. The summed E-state index contributed by atoms with van der Waals surface area (Å²) in [6.07, 6.45) is -4.76. The van der Waals surface area contributed by atoms with Gasteiger partial charge < -0.3 is 28.4 Å². The van der Waals surface area contributed by atoms with E-state index in [4.69, 9.17) is 28.4 Å². The van der Waals surface area contributed by atoms with Gasteiger partial charge in [0, 0.05) is 6.92 Å². The molecule has 4 aromatic rings. The van der Waals surface area contributed by atoms with Crippen LogP contribution in [0, 0.1) is 0 Å². The van der Waals surface area contributed by atoms with E-state index in [0.717, 1.165) is 16.7 Å². The van der Waals surface area contributed by atoms with E-state index in [9.17, 15) is 9.59 Å². The van der Waals surface area contributed by atoms with E-state index in [1.54, 1.807) is 30.3 Å². The van der Waals surface area contributed by atoms with Crippen LogP contribution in [0.25, 0.3) is 0 Å². The van der Waals surface area contributed by atoms with Crippen LogP contribution in [-0.2, 0) is 53.0 Å². The van der Waals surface area contributed by atoms with Crippen LogP contribution in [0.4, 0.5) is 0 Å². The third-order valence-corrected chi connectivity index (χ3v) is 7.09. The molecule has 4 aromatic carbocycles. The van der Waals surface area contributed by atoms with E-state index < -0.39 is 42.6 Å². The van der Waals surface area contributed by atoms with Crippen LogP contribution >= 0.6 is 0 Å². The zero-order chi connectivity index (χ0) is 30.6. The molecule has 0 N–H and O–H groups in total. The fourth-order valence-corrected chi connectivity index (χ4v) is 4.95. The summed E-state index contributed by atoms with van der Waals surface area (Å²) in [4.78, 5) is 25.6. The lowest BCUT2D eigenvalue weighted by Crippen LogP contribution is -2.62. The predicted octanol–water partition coefficient (Wildman–Crippen LogP) is 5.89. The van der Waals surface area contributed by atoms with Crippen molar-refractivity contribution in [1.82, 2.24) is 0 Å². The average Bonchev–Trinajstić information content (AvgIpc) is 3.06. The highest BCUT2D eigenvalue weighted by atomic mass is 16.7. The standard InChI is InChI=1S/C36H36O8/c1-26(37)42-36-34(44-35(38)30-20-12-5-13-21-30)33(41-24-29-18-10-4-11-19-29)32(40-23-28-16-8-3-9-17-28)31(43-36)25-39-22-27-14-6-2-7-15-27/h2-21,31-34,36H,22-25H2,1H3/t31-,32+,33+,34-,36-/m1/s1. The zero-order valence-electron chi connectivity index (χ0n) is 24.5. The summed E-state index contributed by atoms with van der Waals surface area (Å²) >= 11 is 0. The molecule has 1 saturated heterocycles. The molecule has 44 heavy (non-hydrogen) atoms. The second-order valence-electron chi connectivity index (χ2n) is 10.4. The Morgan fingerprint density at radius 2 is 1.07 bits per heavy atom. The third-order valence-electron chi connectivity index (χ3n) is 7.09. The lowest BCUT2D eigenvalue weighted by atomic mass is 9.97. The van der Waals surface area contributed by atoms with Crippen LogP contribution in [0.1, 0.15) is 34.0 Å². The van der Waals surface area contributed by atoms with Crippen molar-refractivity contribution < 1.29 is 38.0 Å². The van der Waals surface area contributed by atoms with Gasteiger partial charge >= 0.3 is 11.9 Å². The molecule has 0 saturated carbocycles. The van der Waals surface area contributed by atoms with Crippen molar-refractivity contribution in [2.75, 3.05) is 6.61 Å². The Morgan fingerprint density at radius 1 is 0.591 bits per heavy atom. The van der Waals surface area contributed by atoms with Crippen molar-refractivity contribution in [1.29, 1.82) is 0 Å². The van der Waals surface area contributed by atoms with Crippen molar-refractivity contribution >= 4 is 11.9 Å². The molecule has 1 aliphatic heterocycles. The molecule has 0 aliphatic carbocycles. The summed E-state index contributed by atoms with van der Waals surface area (Å²) < 4.78 is 37.0. The Kier molecular flexibility index (Phi) is 11.3. The number of esters is 2. The Morgan fingerprint density at radius 3 is 1.59 bits per heavy atom. The highest BCUT2D eigenvalue weighted by molar-refractivity contribution is 5.89. The Hall–Kier alpha value is -4.34. The number of rotatable bonds is 13. The minimum absolute atomic E-state index is 0.108. The number of carbonyl (C=O) groups is 2. The second kappa shape index (κ2) is 15.9. The Balaban J connectivity index is 1.45. The molecule has 8 heteroatoms. The van der Waals surface area contributed by atoms with E-state index >= 15 is 0 Å². The summed E-state index contributed by atoms with van der Waals surface area (Å²) in [6.45, 7) is 2.16. The Labute approximate surface area is 257 Å². The molecule has 0 radical (unpaired) electrons. The lowest BCUT2D eigenvalue weighted by Gasteiger charge is -2.45. The maximum absolute atomic E-state index is 13.3. The number of hydrogen-bond donors (Lipinski definition) is 0. The van der Waals surface area contributed by atoms with Gasteiger partial charge in [-0.05, 0) is 28.8 Å². The predicted molar refractivity (Wildman–Crippen MR) is 162 cm³/mol. The smallest absolute Gasteiger partial charge is 0.338 e. The fourth-order valence-electron chi connectivity index (χ4n) is 4.95. The first kappa shape index (κ1) is 31.1. The molecule has 228 valence electrons. The highest BCUT2D eigenvalue weighted by Gasteiger charge is 2.51. The molecule has 0 unspecified atom stereocenters. The number of benzene rings is 4. The molecule has 0 amide bonds. The minimum Gasteiger partial charge on any atom is -0.449 e. The van der Waals surface area contributed by atoms with E-state index in [1.807, 2.05) is 91.0 Å². The molecular formula is C36H36O8. The van der Waals surface area contributed by atoms with E-state index in [-0.39, 0.29) is 19.8 Å². The molecule has 5 rings (SSSR count).